The highest BCUT2D eigenvalue weighted by atomic mass is 32.2. The van der Waals surface area contributed by atoms with Gasteiger partial charge in [-0.05, 0) is 55.5 Å². The van der Waals surface area contributed by atoms with E-state index in [4.69, 9.17) is 10.5 Å². The van der Waals surface area contributed by atoms with Crippen LogP contribution in [0.25, 0.3) is 0 Å². The third-order valence-electron chi connectivity index (χ3n) is 5.16. The molecule has 1 aromatic heterocycles. The molecule has 0 aliphatic rings. The van der Waals surface area contributed by atoms with E-state index in [1.807, 2.05) is 6.92 Å². The first-order valence-corrected chi connectivity index (χ1v) is 12.5. The summed E-state index contributed by atoms with van der Waals surface area (Å²) in [6, 6.07) is 18.2. The van der Waals surface area contributed by atoms with Gasteiger partial charge in [0.1, 0.15) is 26.3 Å². The Bertz CT molecular complexity index is 1440. The first-order chi connectivity index (χ1) is 16.2. The number of nitrogen functional groups attached to an aromatic ring is 1. The highest BCUT2D eigenvalue weighted by Crippen LogP contribution is 2.44. The maximum atomic E-state index is 13.6. The molecular weight excluding hydrogens is 475 g/mol. The summed E-state index contributed by atoms with van der Waals surface area (Å²) in [4.78, 5) is 13.1. The van der Waals surface area contributed by atoms with E-state index in [1.165, 1.54) is 55.6 Å². The molecule has 34 heavy (non-hydrogen) atoms. The minimum Gasteiger partial charge on any atom is -0.497 e. The molecule has 0 amide bonds. The molecule has 3 N–H and O–H groups in total. The topological polar surface area (TPSA) is 98.5 Å². The first kappa shape index (κ1) is 23.5. The zero-order valence-corrected chi connectivity index (χ0v) is 20.0. The van der Waals surface area contributed by atoms with Crippen molar-refractivity contribution in [3.05, 3.63) is 94.6 Å². The van der Waals surface area contributed by atoms with Crippen molar-refractivity contribution in [2.24, 2.45) is 0 Å². The molecule has 0 radical (unpaired) electrons. The zero-order valence-electron chi connectivity index (χ0n) is 18.3. The summed E-state index contributed by atoms with van der Waals surface area (Å²) in [6.45, 7) is 1.90. The van der Waals surface area contributed by atoms with Crippen molar-refractivity contribution in [1.82, 2.24) is 0 Å². The average molecular weight is 497 g/mol. The number of carbonyl (C=O) groups excluding carboxylic acids is 1. The molecule has 4 rings (SSSR count). The quantitative estimate of drug-likeness (QED) is 0.324. The summed E-state index contributed by atoms with van der Waals surface area (Å²) in [6.07, 6.45) is 0. The van der Waals surface area contributed by atoms with Crippen molar-refractivity contribution in [2.75, 3.05) is 18.2 Å². The van der Waals surface area contributed by atoms with Gasteiger partial charge in [0.15, 0.2) is 0 Å². The number of benzene rings is 3. The van der Waals surface area contributed by atoms with Gasteiger partial charge in [-0.3, -0.25) is 4.79 Å². The second kappa shape index (κ2) is 9.28. The Kier molecular flexibility index (Phi) is 6.41. The fourth-order valence-corrected chi connectivity index (χ4v) is 6.25. The van der Waals surface area contributed by atoms with Crippen LogP contribution in [0.4, 0.5) is 20.8 Å². The number of aryl methyl sites for hydroxylation is 1. The van der Waals surface area contributed by atoms with Gasteiger partial charge in [-0.25, -0.2) is 12.8 Å². The summed E-state index contributed by atoms with van der Waals surface area (Å²) >= 11 is 0.938. The first-order valence-electron chi connectivity index (χ1n) is 10.2. The maximum absolute atomic E-state index is 13.6. The molecule has 0 bridgehead atoms. The van der Waals surface area contributed by atoms with E-state index in [9.17, 15) is 17.6 Å². The van der Waals surface area contributed by atoms with Crippen LogP contribution in [0.1, 0.15) is 20.8 Å². The van der Waals surface area contributed by atoms with Crippen molar-refractivity contribution in [3.63, 3.8) is 0 Å². The SMILES string of the molecule is COc1ccc(S(=O)(=O)c2c(Nc3ccc(F)cc3)sc(C(=O)c3ccc(C)cc3)c2N)cc1. The van der Waals surface area contributed by atoms with Gasteiger partial charge in [-0.2, -0.15) is 0 Å². The molecule has 0 fully saturated rings. The third kappa shape index (κ3) is 4.52. The molecule has 9 heteroatoms. The maximum Gasteiger partial charge on any atom is 0.211 e. The summed E-state index contributed by atoms with van der Waals surface area (Å²) in [5.74, 6) is -0.324. The molecule has 4 aromatic rings. The molecule has 0 saturated heterocycles. The van der Waals surface area contributed by atoms with Crippen LogP contribution < -0.4 is 15.8 Å². The van der Waals surface area contributed by atoms with E-state index in [-0.39, 0.29) is 31.1 Å². The number of ketones is 1. The number of thiophene rings is 1. The van der Waals surface area contributed by atoms with Crippen LogP contribution >= 0.6 is 11.3 Å². The number of rotatable bonds is 7. The van der Waals surface area contributed by atoms with Crippen molar-refractivity contribution in [3.8, 4) is 5.75 Å². The molecule has 0 unspecified atom stereocenters. The van der Waals surface area contributed by atoms with Crippen LogP contribution in [0.3, 0.4) is 0 Å². The average Bonchev–Trinajstić information content (AvgIpc) is 3.16. The predicted molar refractivity (Wildman–Crippen MR) is 131 cm³/mol. The largest absolute Gasteiger partial charge is 0.497 e. The van der Waals surface area contributed by atoms with Crippen LogP contribution in [0, 0.1) is 12.7 Å². The Morgan fingerprint density at radius 3 is 2.18 bits per heavy atom. The van der Waals surface area contributed by atoms with Gasteiger partial charge in [0, 0.05) is 11.3 Å². The number of anilines is 3. The van der Waals surface area contributed by atoms with E-state index < -0.39 is 15.7 Å². The minimum atomic E-state index is -4.11. The Morgan fingerprint density at radius 1 is 0.971 bits per heavy atom. The van der Waals surface area contributed by atoms with E-state index in [1.54, 1.807) is 24.3 Å². The molecule has 0 saturated carbocycles. The number of methoxy groups -OCH3 is 1. The van der Waals surface area contributed by atoms with Gasteiger partial charge in [0.05, 0.1) is 17.7 Å². The van der Waals surface area contributed by atoms with E-state index >= 15 is 0 Å². The van der Waals surface area contributed by atoms with Gasteiger partial charge in [-0.1, -0.05) is 29.8 Å². The Hall–Kier alpha value is -3.69. The normalized spacial score (nSPS) is 11.3. The Labute approximate surface area is 200 Å². The molecule has 1 heterocycles. The Balaban J connectivity index is 1.86. The highest BCUT2D eigenvalue weighted by Gasteiger charge is 2.31. The number of sulfone groups is 1. The predicted octanol–water partition coefficient (Wildman–Crippen LogP) is 5.59. The molecular formula is C25H21FN2O4S2. The number of hydrogen-bond acceptors (Lipinski definition) is 7. The molecule has 0 aliphatic carbocycles. The number of hydrogen-bond donors (Lipinski definition) is 2. The van der Waals surface area contributed by atoms with Crippen molar-refractivity contribution in [1.29, 1.82) is 0 Å². The second-order valence-corrected chi connectivity index (χ2v) is 10.4. The molecule has 174 valence electrons. The fourth-order valence-electron chi connectivity index (χ4n) is 3.32. The number of nitrogens with one attached hydrogen (secondary N) is 1. The molecule has 0 atom stereocenters. The van der Waals surface area contributed by atoms with Crippen LogP contribution in [0.5, 0.6) is 5.75 Å². The van der Waals surface area contributed by atoms with Gasteiger partial charge in [-0.15, -0.1) is 11.3 Å². The van der Waals surface area contributed by atoms with Crippen LogP contribution in [-0.4, -0.2) is 21.3 Å². The van der Waals surface area contributed by atoms with Crippen molar-refractivity contribution < 1.29 is 22.3 Å². The lowest BCUT2D eigenvalue weighted by molar-refractivity contribution is 0.104. The smallest absolute Gasteiger partial charge is 0.211 e. The summed E-state index contributed by atoms with van der Waals surface area (Å²) in [5, 5.41) is 3.15. The number of nitrogens with two attached hydrogens (primary N) is 1. The molecule has 0 spiro atoms. The van der Waals surface area contributed by atoms with Gasteiger partial charge in [0.2, 0.25) is 15.6 Å². The number of halogens is 1. The highest BCUT2D eigenvalue weighted by molar-refractivity contribution is 7.92. The Morgan fingerprint density at radius 2 is 1.59 bits per heavy atom. The summed E-state index contributed by atoms with van der Waals surface area (Å²) in [5.41, 5.74) is 7.99. The lowest BCUT2D eigenvalue weighted by Crippen LogP contribution is -2.08. The molecule has 0 aliphatic heterocycles. The lowest BCUT2D eigenvalue weighted by atomic mass is 10.1. The van der Waals surface area contributed by atoms with Crippen LogP contribution in [-0.2, 0) is 9.84 Å². The number of ether oxygens (including phenoxy) is 1. The summed E-state index contributed by atoms with van der Waals surface area (Å²) < 4.78 is 45.7. The van der Waals surface area contributed by atoms with Gasteiger partial charge in [0.25, 0.3) is 0 Å². The van der Waals surface area contributed by atoms with E-state index in [2.05, 4.69) is 5.32 Å². The molecule has 3 aromatic carbocycles. The van der Waals surface area contributed by atoms with Crippen molar-refractivity contribution in [2.45, 2.75) is 16.7 Å². The lowest BCUT2D eigenvalue weighted by Gasteiger charge is -2.10. The fraction of sp³-hybridized carbons (Fsp3) is 0.0800. The summed E-state index contributed by atoms with van der Waals surface area (Å²) in [7, 11) is -2.63. The van der Waals surface area contributed by atoms with E-state index in [0.717, 1.165) is 16.9 Å². The third-order valence-corrected chi connectivity index (χ3v) is 8.26. The number of carbonyl (C=O) groups is 1. The minimum absolute atomic E-state index is 0.00529. The van der Waals surface area contributed by atoms with E-state index in [0.29, 0.717) is 17.0 Å². The zero-order chi connectivity index (χ0) is 24.5. The molecule has 6 nitrogen and oxygen atoms in total. The standard InChI is InChI=1S/C25H21FN2O4S2/c1-15-3-5-16(6-4-15)22(29)23-21(27)24(25(33-23)28-18-9-7-17(26)8-10-18)34(30,31)20-13-11-19(32-2)12-14-20/h3-14,28H,27H2,1-2H3. The van der Waals surface area contributed by atoms with Crippen LogP contribution in [0.2, 0.25) is 0 Å². The van der Waals surface area contributed by atoms with Crippen molar-refractivity contribution >= 4 is 43.3 Å². The second-order valence-electron chi connectivity index (χ2n) is 7.51. The monoisotopic (exact) mass is 496 g/mol. The van der Waals surface area contributed by atoms with Crippen LogP contribution in [0.15, 0.2) is 82.6 Å². The van der Waals surface area contributed by atoms with Gasteiger partial charge < -0.3 is 15.8 Å². The van der Waals surface area contributed by atoms with Gasteiger partial charge >= 0.3 is 0 Å².